The second-order valence-electron chi connectivity index (χ2n) is 6.51. The van der Waals surface area contributed by atoms with E-state index in [-0.39, 0.29) is 11.5 Å². The molecule has 0 bridgehead atoms. The molecule has 5 nitrogen and oxygen atoms in total. The molecule has 1 atom stereocenters. The van der Waals surface area contributed by atoms with Crippen LogP contribution in [0, 0.1) is 5.41 Å². The van der Waals surface area contributed by atoms with Crippen molar-refractivity contribution in [1.82, 2.24) is 10.6 Å². The van der Waals surface area contributed by atoms with Crippen LogP contribution in [-0.2, 0) is 16.1 Å². The first-order valence-corrected chi connectivity index (χ1v) is 8.06. The SMILES string of the molecule is CN=C(NCCOCc1ccccc1)NCC(OC)C(C)(C)C. The maximum absolute atomic E-state index is 5.65. The van der Waals surface area contributed by atoms with Gasteiger partial charge in [-0.2, -0.15) is 0 Å². The van der Waals surface area contributed by atoms with Gasteiger partial charge in [0, 0.05) is 27.2 Å². The van der Waals surface area contributed by atoms with Crippen molar-refractivity contribution < 1.29 is 9.47 Å². The van der Waals surface area contributed by atoms with Gasteiger partial charge in [-0.15, -0.1) is 0 Å². The van der Waals surface area contributed by atoms with Crippen LogP contribution in [0.15, 0.2) is 35.3 Å². The van der Waals surface area contributed by atoms with Crippen LogP contribution in [0.3, 0.4) is 0 Å². The second-order valence-corrected chi connectivity index (χ2v) is 6.51. The molecule has 0 aliphatic carbocycles. The lowest BCUT2D eigenvalue weighted by atomic mass is 9.89. The quantitative estimate of drug-likeness (QED) is 0.439. The third-order valence-corrected chi connectivity index (χ3v) is 3.58. The lowest BCUT2D eigenvalue weighted by Crippen LogP contribution is -2.45. The maximum Gasteiger partial charge on any atom is 0.191 e. The summed E-state index contributed by atoms with van der Waals surface area (Å²) in [6.07, 6.45) is 0.121. The summed E-state index contributed by atoms with van der Waals surface area (Å²) >= 11 is 0. The Labute approximate surface area is 140 Å². The summed E-state index contributed by atoms with van der Waals surface area (Å²) in [6.45, 7) is 9.17. The average Bonchev–Trinajstić information content (AvgIpc) is 2.53. The Hall–Kier alpha value is -1.59. The van der Waals surface area contributed by atoms with E-state index in [1.54, 1.807) is 14.2 Å². The predicted octanol–water partition coefficient (Wildman–Crippen LogP) is 2.43. The highest BCUT2D eigenvalue weighted by molar-refractivity contribution is 5.79. The summed E-state index contributed by atoms with van der Waals surface area (Å²) in [5.41, 5.74) is 1.27. The topological polar surface area (TPSA) is 54.9 Å². The van der Waals surface area contributed by atoms with Crippen molar-refractivity contribution in [2.45, 2.75) is 33.5 Å². The molecule has 1 rings (SSSR count). The molecule has 0 aliphatic rings. The minimum Gasteiger partial charge on any atom is -0.379 e. The van der Waals surface area contributed by atoms with Gasteiger partial charge >= 0.3 is 0 Å². The molecule has 1 aromatic carbocycles. The first-order valence-electron chi connectivity index (χ1n) is 8.06. The predicted molar refractivity (Wildman–Crippen MR) is 95.7 cm³/mol. The van der Waals surface area contributed by atoms with Crippen molar-refractivity contribution in [1.29, 1.82) is 0 Å². The minimum atomic E-state index is 0.0827. The van der Waals surface area contributed by atoms with Gasteiger partial charge in [-0.3, -0.25) is 4.99 Å². The van der Waals surface area contributed by atoms with Crippen molar-refractivity contribution >= 4 is 5.96 Å². The van der Waals surface area contributed by atoms with E-state index in [9.17, 15) is 0 Å². The van der Waals surface area contributed by atoms with E-state index in [1.807, 2.05) is 18.2 Å². The van der Waals surface area contributed by atoms with Crippen molar-refractivity contribution in [3.63, 3.8) is 0 Å². The van der Waals surface area contributed by atoms with Crippen LogP contribution in [0.5, 0.6) is 0 Å². The van der Waals surface area contributed by atoms with E-state index in [2.05, 4.69) is 48.5 Å². The van der Waals surface area contributed by atoms with Crippen molar-refractivity contribution in [3.05, 3.63) is 35.9 Å². The van der Waals surface area contributed by atoms with E-state index >= 15 is 0 Å². The van der Waals surface area contributed by atoms with Crippen molar-refractivity contribution in [2.24, 2.45) is 10.4 Å². The number of guanidine groups is 1. The standard InChI is InChI=1S/C18H31N3O2/c1-18(2,3)16(22-5)13-21-17(19-4)20-11-12-23-14-15-9-7-6-8-10-15/h6-10,16H,11-14H2,1-5H3,(H2,19,20,21). The molecule has 1 unspecified atom stereocenters. The Bertz CT molecular complexity index is 455. The zero-order valence-electron chi connectivity index (χ0n) is 15.1. The normalized spacial score (nSPS) is 13.7. The van der Waals surface area contributed by atoms with Crippen LogP contribution in [0.4, 0.5) is 0 Å². The molecule has 0 saturated heterocycles. The number of ether oxygens (including phenoxy) is 2. The van der Waals surface area contributed by atoms with Crippen molar-refractivity contribution in [2.75, 3.05) is 33.9 Å². The molecule has 0 saturated carbocycles. The fourth-order valence-electron chi connectivity index (χ4n) is 2.16. The summed E-state index contributed by atoms with van der Waals surface area (Å²) in [6, 6.07) is 10.2. The van der Waals surface area contributed by atoms with E-state index in [0.29, 0.717) is 26.3 Å². The molecule has 0 fully saturated rings. The molecule has 1 aromatic rings. The third kappa shape index (κ3) is 8.00. The van der Waals surface area contributed by atoms with Crippen LogP contribution < -0.4 is 10.6 Å². The van der Waals surface area contributed by atoms with Crippen LogP contribution in [0.2, 0.25) is 0 Å². The fourth-order valence-corrected chi connectivity index (χ4v) is 2.16. The van der Waals surface area contributed by atoms with Gasteiger partial charge < -0.3 is 20.1 Å². The van der Waals surface area contributed by atoms with Gasteiger partial charge in [-0.25, -0.2) is 0 Å². The molecule has 5 heteroatoms. The number of methoxy groups -OCH3 is 1. The molecular formula is C18H31N3O2. The van der Waals surface area contributed by atoms with E-state index in [4.69, 9.17) is 9.47 Å². The summed E-state index contributed by atoms with van der Waals surface area (Å²) in [7, 11) is 3.50. The summed E-state index contributed by atoms with van der Waals surface area (Å²) in [4.78, 5) is 4.22. The smallest absolute Gasteiger partial charge is 0.191 e. The molecular weight excluding hydrogens is 290 g/mol. The first kappa shape index (κ1) is 19.5. The van der Waals surface area contributed by atoms with Gasteiger partial charge in [0.15, 0.2) is 5.96 Å². The number of rotatable bonds is 8. The number of aliphatic imine (C=N–C) groups is 1. The van der Waals surface area contributed by atoms with Crippen LogP contribution in [-0.4, -0.2) is 45.9 Å². The molecule has 2 N–H and O–H groups in total. The fraction of sp³-hybridized carbons (Fsp3) is 0.611. The average molecular weight is 321 g/mol. The van der Waals surface area contributed by atoms with Gasteiger partial charge in [-0.05, 0) is 11.0 Å². The molecule has 0 aromatic heterocycles. The van der Waals surface area contributed by atoms with E-state index in [1.165, 1.54) is 5.56 Å². The summed E-state index contributed by atoms with van der Waals surface area (Å²) < 4.78 is 11.2. The first-order chi connectivity index (χ1) is 11.0. The molecule has 23 heavy (non-hydrogen) atoms. The Morgan fingerprint density at radius 2 is 1.87 bits per heavy atom. The Balaban J connectivity index is 2.21. The number of benzene rings is 1. The number of nitrogens with zero attached hydrogens (tertiary/aromatic N) is 1. The van der Waals surface area contributed by atoms with Gasteiger partial charge in [-0.1, -0.05) is 51.1 Å². The summed E-state index contributed by atoms with van der Waals surface area (Å²) in [5.74, 6) is 0.764. The number of nitrogens with one attached hydrogen (secondary N) is 2. The Morgan fingerprint density at radius 3 is 2.43 bits per heavy atom. The minimum absolute atomic E-state index is 0.0827. The largest absolute Gasteiger partial charge is 0.379 e. The summed E-state index contributed by atoms with van der Waals surface area (Å²) in [5, 5.41) is 6.54. The second kappa shape index (κ2) is 10.2. The third-order valence-electron chi connectivity index (χ3n) is 3.58. The molecule has 130 valence electrons. The maximum atomic E-state index is 5.65. The van der Waals surface area contributed by atoms with Gasteiger partial charge in [0.05, 0.1) is 19.3 Å². The lowest BCUT2D eigenvalue weighted by Gasteiger charge is -2.30. The van der Waals surface area contributed by atoms with Crippen molar-refractivity contribution in [3.8, 4) is 0 Å². The zero-order valence-corrected chi connectivity index (χ0v) is 15.1. The highest BCUT2D eigenvalue weighted by Gasteiger charge is 2.24. The molecule has 0 amide bonds. The molecule has 0 heterocycles. The molecule has 0 radical (unpaired) electrons. The van der Waals surface area contributed by atoms with Gasteiger partial charge in [0.2, 0.25) is 0 Å². The zero-order chi connectivity index (χ0) is 17.1. The Kier molecular flexibility index (Phi) is 8.66. The lowest BCUT2D eigenvalue weighted by molar-refractivity contribution is 0.0205. The van der Waals surface area contributed by atoms with Crippen LogP contribution in [0.1, 0.15) is 26.3 Å². The molecule has 0 aliphatic heterocycles. The van der Waals surface area contributed by atoms with Crippen LogP contribution >= 0.6 is 0 Å². The van der Waals surface area contributed by atoms with Crippen LogP contribution in [0.25, 0.3) is 0 Å². The van der Waals surface area contributed by atoms with E-state index < -0.39 is 0 Å². The Morgan fingerprint density at radius 1 is 1.17 bits per heavy atom. The van der Waals surface area contributed by atoms with E-state index in [0.717, 1.165) is 5.96 Å². The van der Waals surface area contributed by atoms with Gasteiger partial charge in [0.25, 0.3) is 0 Å². The number of hydrogen-bond acceptors (Lipinski definition) is 3. The molecule has 0 spiro atoms. The van der Waals surface area contributed by atoms with Gasteiger partial charge in [0.1, 0.15) is 0 Å². The highest BCUT2D eigenvalue weighted by Crippen LogP contribution is 2.20. The monoisotopic (exact) mass is 321 g/mol. The number of hydrogen-bond donors (Lipinski definition) is 2. The highest BCUT2D eigenvalue weighted by atomic mass is 16.5.